The van der Waals surface area contributed by atoms with Gasteiger partial charge in [-0.05, 0) is 36.2 Å². The Balaban J connectivity index is 1.93. The molecule has 1 heterocycles. The zero-order chi connectivity index (χ0) is 12.8. The minimum absolute atomic E-state index is 0.701. The maximum Gasteiger partial charge on any atom is 0.115 e. The Morgan fingerprint density at radius 2 is 2.17 bits per heavy atom. The van der Waals surface area contributed by atoms with Crippen LogP contribution in [-0.2, 0) is 13.1 Å². The summed E-state index contributed by atoms with van der Waals surface area (Å²) in [6, 6.07) is 9.76. The van der Waals surface area contributed by atoms with Crippen LogP contribution in [0.25, 0.3) is 0 Å². The van der Waals surface area contributed by atoms with E-state index in [2.05, 4.69) is 21.4 Å². The van der Waals surface area contributed by atoms with E-state index in [0.29, 0.717) is 12.1 Å². The van der Waals surface area contributed by atoms with Crippen LogP contribution in [0.2, 0.25) is 0 Å². The lowest BCUT2D eigenvalue weighted by Gasteiger charge is -2.07. The average Bonchev–Trinajstić information content (AvgIpc) is 2.42. The fourth-order valence-corrected chi connectivity index (χ4v) is 1.71. The van der Waals surface area contributed by atoms with Gasteiger partial charge in [0.1, 0.15) is 6.33 Å². The van der Waals surface area contributed by atoms with E-state index < -0.39 is 0 Å². The summed E-state index contributed by atoms with van der Waals surface area (Å²) in [6.07, 6.45) is 3.28. The maximum atomic E-state index is 8.80. The second kappa shape index (κ2) is 5.89. The van der Waals surface area contributed by atoms with Crippen molar-refractivity contribution in [1.82, 2.24) is 15.3 Å². The van der Waals surface area contributed by atoms with Crippen molar-refractivity contribution >= 4 is 0 Å². The second-order valence-corrected chi connectivity index (χ2v) is 4.06. The molecule has 0 saturated carbocycles. The van der Waals surface area contributed by atoms with Gasteiger partial charge in [-0.15, -0.1) is 0 Å². The third-order valence-electron chi connectivity index (χ3n) is 2.74. The number of nitrogens with one attached hydrogen (secondary N) is 1. The van der Waals surface area contributed by atoms with Crippen molar-refractivity contribution in [2.24, 2.45) is 0 Å². The van der Waals surface area contributed by atoms with Crippen molar-refractivity contribution in [3.63, 3.8) is 0 Å². The molecule has 2 rings (SSSR count). The third kappa shape index (κ3) is 3.12. The molecule has 0 radical (unpaired) electrons. The van der Waals surface area contributed by atoms with Crippen LogP contribution in [0.4, 0.5) is 0 Å². The van der Waals surface area contributed by atoms with E-state index in [1.807, 2.05) is 31.2 Å². The predicted octanol–water partition coefficient (Wildman–Crippen LogP) is 1.95. The first-order valence-corrected chi connectivity index (χ1v) is 5.75. The topological polar surface area (TPSA) is 61.6 Å². The SMILES string of the molecule is Cc1cc(C#N)ccc1CNCc1ccncn1. The molecule has 4 nitrogen and oxygen atoms in total. The number of aryl methyl sites for hydroxylation is 1. The van der Waals surface area contributed by atoms with E-state index in [9.17, 15) is 0 Å². The number of hydrogen-bond donors (Lipinski definition) is 1. The molecule has 0 aliphatic heterocycles. The molecule has 0 amide bonds. The van der Waals surface area contributed by atoms with E-state index in [1.54, 1.807) is 12.5 Å². The molecule has 0 aliphatic carbocycles. The Morgan fingerprint density at radius 1 is 1.28 bits per heavy atom. The number of nitrogens with zero attached hydrogens (tertiary/aromatic N) is 3. The highest BCUT2D eigenvalue weighted by atomic mass is 14.9. The highest BCUT2D eigenvalue weighted by Crippen LogP contribution is 2.10. The van der Waals surface area contributed by atoms with Gasteiger partial charge in [0, 0.05) is 19.3 Å². The smallest absolute Gasteiger partial charge is 0.115 e. The summed E-state index contributed by atoms with van der Waals surface area (Å²) >= 11 is 0. The summed E-state index contributed by atoms with van der Waals surface area (Å²) in [6.45, 7) is 3.49. The third-order valence-corrected chi connectivity index (χ3v) is 2.74. The van der Waals surface area contributed by atoms with Gasteiger partial charge in [0.05, 0.1) is 17.3 Å². The van der Waals surface area contributed by atoms with E-state index >= 15 is 0 Å². The summed E-state index contributed by atoms with van der Waals surface area (Å²) in [4.78, 5) is 8.02. The van der Waals surface area contributed by atoms with Crippen molar-refractivity contribution in [2.45, 2.75) is 20.0 Å². The van der Waals surface area contributed by atoms with Crippen LogP contribution in [0, 0.1) is 18.3 Å². The predicted molar refractivity (Wildman–Crippen MR) is 68.5 cm³/mol. The molecule has 1 aromatic heterocycles. The molecule has 4 heteroatoms. The molecule has 1 aromatic carbocycles. The Labute approximate surface area is 106 Å². The van der Waals surface area contributed by atoms with Crippen LogP contribution < -0.4 is 5.32 Å². The first-order valence-electron chi connectivity index (χ1n) is 5.75. The standard InChI is InChI=1S/C14H14N4/c1-11-6-12(7-15)2-3-13(11)8-17-9-14-4-5-16-10-18-14/h2-6,10,17H,8-9H2,1H3. The highest BCUT2D eigenvalue weighted by molar-refractivity contribution is 5.37. The van der Waals surface area contributed by atoms with Crippen molar-refractivity contribution in [1.29, 1.82) is 5.26 Å². The molecular weight excluding hydrogens is 224 g/mol. The minimum atomic E-state index is 0.701. The van der Waals surface area contributed by atoms with E-state index in [4.69, 9.17) is 5.26 Å². The second-order valence-electron chi connectivity index (χ2n) is 4.06. The number of aromatic nitrogens is 2. The molecule has 90 valence electrons. The molecule has 0 aliphatic rings. The molecule has 0 bridgehead atoms. The zero-order valence-corrected chi connectivity index (χ0v) is 10.2. The van der Waals surface area contributed by atoms with Gasteiger partial charge in [0.15, 0.2) is 0 Å². The molecule has 1 N–H and O–H groups in total. The zero-order valence-electron chi connectivity index (χ0n) is 10.2. The normalized spacial score (nSPS) is 10.0. The Bertz CT molecular complexity index is 558. The number of hydrogen-bond acceptors (Lipinski definition) is 4. The van der Waals surface area contributed by atoms with Crippen LogP contribution in [0.15, 0.2) is 36.8 Å². The Hall–Kier alpha value is -2.25. The van der Waals surface area contributed by atoms with E-state index in [1.165, 1.54) is 5.56 Å². The van der Waals surface area contributed by atoms with Crippen LogP contribution in [0.3, 0.4) is 0 Å². The average molecular weight is 238 g/mol. The van der Waals surface area contributed by atoms with Gasteiger partial charge in [-0.25, -0.2) is 9.97 Å². The summed E-state index contributed by atoms with van der Waals surface area (Å²) in [5, 5.41) is 12.1. The number of rotatable bonds is 4. The van der Waals surface area contributed by atoms with Crippen molar-refractivity contribution in [3.8, 4) is 6.07 Å². The van der Waals surface area contributed by atoms with Gasteiger partial charge in [0.25, 0.3) is 0 Å². The van der Waals surface area contributed by atoms with Crippen LogP contribution >= 0.6 is 0 Å². The first-order chi connectivity index (χ1) is 8.79. The van der Waals surface area contributed by atoms with Crippen LogP contribution in [0.1, 0.15) is 22.4 Å². The maximum absolute atomic E-state index is 8.80. The monoisotopic (exact) mass is 238 g/mol. The van der Waals surface area contributed by atoms with Crippen molar-refractivity contribution < 1.29 is 0 Å². The van der Waals surface area contributed by atoms with Gasteiger partial charge < -0.3 is 5.32 Å². The molecule has 0 spiro atoms. The minimum Gasteiger partial charge on any atom is -0.307 e. The summed E-state index contributed by atoms with van der Waals surface area (Å²) in [5.74, 6) is 0. The van der Waals surface area contributed by atoms with Crippen molar-refractivity contribution in [2.75, 3.05) is 0 Å². The lowest BCUT2D eigenvalue weighted by atomic mass is 10.1. The Morgan fingerprint density at radius 3 is 2.83 bits per heavy atom. The molecule has 0 fully saturated rings. The molecular formula is C14H14N4. The fraction of sp³-hybridized carbons (Fsp3) is 0.214. The van der Waals surface area contributed by atoms with Gasteiger partial charge in [-0.1, -0.05) is 6.07 Å². The first kappa shape index (κ1) is 12.2. The molecule has 0 atom stereocenters. The van der Waals surface area contributed by atoms with Gasteiger partial charge in [-0.3, -0.25) is 0 Å². The summed E-state index contributed by atoms with van der Waals surface area (Å²) < 4.78 is 0. The molecule has 18 heavy (non-hydrogen) atoms. The summed E-state index contributed by atoms with van der Waals surface area (Å²) in [5.41, 5.74) is 4.00. The lowest BCUT2D eigenvalue weighted by Crippen LogP contribution is -2.14. The largest absolute Gasteiger partial charge is 0.307 e. The van der Waals surface area contributed by atoms with E-state index in [-0.39, 0.29) is 0 Å². The Kier molecular flexibility index (Phi) is 4.00. The van der Waals surface area contributed by atoms with Gasteiger partial charge in [0.2, 0.25) is 0 Å². The molecule has 2 aromatic rings. The van der Waals surface area contributed by atoms with Crippen molar-refractivity contribution in [3.05, 3.63) is 59.2 Å². The molecule has 0 saturated heterocycles. The number of benzene rings is 1. The fourth-order valence-electron chi connectivity index (χ4n) is 1.71. The van der Waals surface area contributed by atoms with Crippen LogP contribution in [0.5, 0.6) is 0 Å². The summed E-state index contributed by atoms with van der Waals surface area (Å²) in [7, 11) is 0. The number of nitriles is 1. The van der Waals surface area contributed by atoms with Gasteiger partial charge in [-0.2, -0.15) is 5.26 Å². The highest BCUT2D eigenvalue weighted by Gasteiger charge is 2.00. The van der Waals surface area contributed by atoms with E-state index in [0.717, 1.165) is 17.8 Å². The van der Waals surface area contributed by atoms with Gasteiger partial charge >= 0.3 is 0 Å². The molecule has 0 unspecified atom stereocenters. The lowest BCUT2D eigenvalue weighted by molar-refractivity contribution is 0.675. The van der Waals surface area contributed by atoms with Crippen LogP contribution in [-0.4, -0.2) is 9.97 Å². The quantitative estimate of drug-likeness (QED) is 0.884.